The highest BCUT2D eigenvalue weighted by Crippen LogP contribution is 2.40. The van der Waals surface area contributed by atoms with Crippen LogP contribution >= 0.6 is 0 Å². The van der Waals surface area contributed by atoms with Gasteiger partial charge in [0, 0.05) is 19.2 Å². The molecule has 10 heteroatoms. The number of oxazole rings is 1. The molecule has 0 radical (unpaired) electrons. The molecule has 5 aromatic rings. The highest BCUT2D eigenvalue weighted by molar-refractivity contribution is 5.88. The van der Waals surface area contributed by atoms with Crippen LogP contribution in [0, 0.1) is 5.82 Å². The van der Waals surface area contributed by atoms with Gasteiger partial charge in [-0.15, -0.1) is 0 Å². The lowest BCUT2D eigenvalue weighted by Crippen LogP contribution is -2.40. The van der Waals surface area contributed by atoms with E-state index < -0.39 is 29.1 Å². The number of halogens is 1. The van der Waals surface area contributed by atoms with Gasteiger partial charge in [0.1, 0.15) is 11.3 Å². The van der Waals surface area contributed by atoms with Crippen LogP contribution < -0.4 is 10.5 Å². The summed E-state index contributed by atoms with van der Waals surface area (Å²) in [6.45, 7) is 0.344. The van der Waals surface area contributed by atoms with E-state index in [-0.39, 0.29) is 23.1 Å². The van der Waals surface area contributed by atoms with Crippen LogP contribution in [-0.4, -0.2) is 37.3 Å². The Hall–Kier alpha value is -4.99. The molecule has 6 rings (SSSR count). The standard InChI is InChI=1S/C28H21FN4O5/c1-32-26(35)24(34)22(25-30-20-8-4-5-9-21(20)38-25)31-28(32)33-13-12-15-10-11-16(27(36)37)14-18(15)23(33)17-6-2-3-7-19(17)29/h2-11,14,23,34H,12-13H2,1H3,(H,36,37)/t23-/m1/s1. The van der Waals surface area contributed by atoms with Gasteiger partial charge < -0.3 is 19.5 Å². The lowest BCUT2D eigenvalue weighted by molar-refractivity contribution is 0.0696. The molecule has 2 N–H and O–H groups in total. The van der Waals surface area contributed by atoms with Crippen molar-refractivity contribution in [3.63, 3.8) is 0 Å². The van der Waals surface area contributed by atoms with E-state index in [1.807, 2.05) is 0 Å². The second kappa shape index (κ2) is 8.84. The molecule has 9 nitrogen and oxygen atoms in total. The molecule has 1 aliphatic heterocycles. The van der Waals surface area contributed by atoms with Gasteiger partial charge in [0.15, 0.2) is 11.3 Å². The summed E-state index contributed by atoms with van der Waals surface area (Å²) in [5.41, 5.74) is 1.93. The maximum atomic E-state index is 15.2. The average Bonchev–Trinajstić information content (AvgIpc) is 3.35. The van der Waals surface area contributed by atoms with Crippen molar-refractivity contribution in [2.75, 3.05) is 11.4 Å². The van der Waals surface area contributed by atoms with E-state index in [9.17, 15) is 19.8 Å². The molecule has 3 aromatic carbocycles. The number of para-hydroxylation sites is 2. The van der Waals surface area contributed by atoms with Crippen molar-refractivity contribution in [2.45, 2.75) is 12.5 Å². The Morgan fingerprint density at radius 3 is 2.58 bits per heavy atom. The molecule has 0 saturated carbocycles. The van der Waals surface area contributed by atoms with Gasteiger partial charge in [-0.1, -0.05) is 36.4 Å². The van der Waals surface area contributed by atoms with Crippen LogP contribution in [-0.2, 0) is 13.5 Å². The Morgan fingerprint density at radius 2 is 1.82 bits per heavy atom. The summed E-state index contributed by atoms with van der Waals surface area (Å²) >= 11 is 0. The first-order chi connectivity index (χ1) is 18.3. The minimum Gasteiger partial charge on any atom is -0.501 e. The largest absolute Gasteiger partial charge is 0.501 e. The summed E-state index contributed by atoms with van der Waals surface area (Å²) < 4.78 is 22.2. The molecule has 2 aromatic heterocycles. The summed E-state index contributed by atoms with van der Waals surface area (Å²) in [6, 6.07) is 17.2. The zero-order chi connectivity index (χ0) is 26.6. The highest BCUT2D eigenvalue weighted by Gasteiger charge is 2.35. The molecule has 38 heavy (non-hydrogen) atoms. The van der Waals surface area contributed by atoms with E-state index in [4.69, 9.17) is 4.42 Å². The molecule has 1 aliphatic rings. The van der Waals surface area contributed by atoms with Gasteiger partial charge in [-0.25, -0.2) is 19.2 Å². The zero-order valence-electron chi connectivity index (χ0n) is 20.1. The topological polar surface area (TPSA) is 122 Å². The van der Waals surface area contributed by atoms with E-state index in [2.05, 4.69) is 9.97 Å². The number of aromatic nitrogens is 3. The van der Waals surface area contributed by atoms with E-state index in [0.717, 1.165) is 5.56 Å². The number of nitrogens with zero attached hydrogens (tertiary/aromatic N) is 4. The van der Waals surface area contributed by atoms with Gasteiger partial charge in [0.2, 0.25) is 11.7 Å². The fourth-order valence-electron chi connectivity index (χ4n) is 4.95. The number of benzene rings is 3. The number of hydrogen-bond acceptors (Lipinski definition) is 7. The minimum absolute atomic E-state index is 0.0318. The number of rotatable bonds is 4. The minimum atomic E-state index is -1.11. The monoisotopic (exact) mass is 512 g/mol. The molecule has 1 atom stereocenters. The van der Waals surface area contributed by atoms with Gasteiger partial charge in [0.25, 0.3) is 11.4 Å². The fourth-order valence-corrected chi connectivity index (χ4v) is 4.95. The number of aromatic hydroxyl groups is 1. The predicted molar refractivity (Wildman–Crippen MR) is 137 cm³/mol. The summed E-state index contributed by atoms with van der Waals surface area (Å²) in [5.74, 6) is -2.11. The molecular weight excluding hydrogens is 491 g/mol. The maximum absolute atomic E-state index is 15.2. The summed E-state index contributed by atoms with van der Waals surface area (Å²) in [4.78, 5) is 35.7. The number of hydrogen-bond donors (Lipinski definition) is 2. The molecule has 0 bridgehead atoms. The molecule has 0 amide bonds. The van der Waals surface area contributed by atoms with Gasteiger partial charge >= 0.3 is 5.97 Å². The molecule has 0 fully saturated rings. The van der Waals surface area contributed by atoms with Crippen molar-refractivity contribution in [1.82, 2.24) is 14.5 Å². The first-order valence-electron chi connectivity index (χ1n) is 11.9. The van der Waals surface area contributed by atoms with Gasteiger partial charge in [-0.05, 0) is 47.9 Å². The van der Waals surface area contributed by atoms with Gasteiger partial charge in [-0.3, -0.25) is 9.36 Å². The normalized spacial score (nSPS) is 15.0. The molecule has 3 heterocycles. The van der Waals surface area contributed by atoms with Gasteiger partial charge in [0.05, 0.1) is 11.6 Å². The zero-order valence-corrected chi connectivity index (χ0v) is 20.1. The Kier molecular flexibility index (Phi) is 5.45. The van der Waals surface area contributed by atoms with Crippen LogP contribution in [0.4, 0.5) is 10.3 Å². The van der Waals surface area contributed by atoms with Crippen LogP contribution in [0.3, 0.4) is 0 Å². The highest BCUT2D eigenvalue weighted by atomic mass is 19.1. The van der Waals surface area contributed by atoms with Crippen LogP contribution in [0.2, 0.25) is 0 Å². The van der Waals surface area contributed by atoms with Crippen molar-refractivity contribution in [1.29, 1.82) is 0 Å². The number of aromatic carboxylic acids is 1. The second-order valence-electron chi connectivity index (χ2n) is 9.05. The molecule has 190 valence electrons. The summed E-state index contributed by atoms with van der Waals surface area (Å²) in [5, 5.41) is 20.3. The Morgan fingerprint density at radius 1 is 1.05 bits per heavy atom. The fraction of sp³-hybridized carbons (Fsp3) is 0.143. The Bertz CT molecular complexity index is 1760. The number of fused-ring (bicyclic) bond motifs is 2. The third-order valence-corrected chi connectivity index (χ3v) is 6.82. The Balaban J connectivity index is 1.58. The van der Waals surface area contributed by atoms with E-state index >= 15 is 4.39 Å². The lowest BCUT2D eigenvalue weighted by Gasteiger charge is -2.39. The van der Waals surface area contributed by atoms with Crippen LogP contribution in [0.25, 0.3) is 22.7 Å². The number of anilines is 1. The lowest BCUT2D eigenvalue weighted by atomic mass is 9.87. The van der Waals surface area contributed by atoms with Crippen molar-refractivity contribution >= 4 is 23.0 Å². The van der Waals surface area contributed by atoms with Crippen molar-refractivity contribution < 1.29 is 23.8 Å². The van der Waals surface area contributed by atoms with Crippen LogP contribution in [0.15, 0.2) is 75.9 Å². The first-order valence-corrected chi connectivity index (χ1v) is 11.9. The SMILES string of the molecule is Cn1c(N2CCc3ccc(C(=O)O)cc3[C@H]2c2ccccc2F)nc(-c2nc3ccccc3o2)c(O)c1=O. The van der Waals surface area contributed by atoms with Crippen LogP contribution in [0.1, 0.15) is 33.1 Å². The van der Waals surface area contributed by atoms with Crippen molar-refractivity contribution in [3.8, 4) is 17.3 Å². The predicted octanol–water partition coefficient (Wildman–Crippen LogP) is 4.28. The van der Waals surface area contributed by atoms with E-state index in [1.54, 1.807) is 53.4 Å². The van der Waals surface area contributed by atoms with Crippen molar-refractivity contribution in [3.05, 3.63) is 105 Å². The van der Waals surface area contributed by atoms with Crippen LogP contribution in [0.5, 0.6) is 5.75 Å². The third kappa shape index (κ3) is 3.69. The number of carboxylic acids is 1. The van der Waals surface area contributed by atoms with Gasteiger partial charge in [-0.2, -0.15) is 0 Å². The first kappa shape index (κ1) is 23.4. The molecule has 0 aliphatic carbocycles. The third-order valence-electron chi connectivity index (χ3n) is 6.82. The second-order valence-corrected chi connectivity index (χ2v) is 9.05. The van der Waals surface area contributed by atoms with Crippen molar-refractivity contribution in [2.24, 2.45) is 7.05 Å². The number of carboxylic acid groups (broad SMARTS) is 1. The molecule has 0 spiro atoms. The molecular formula is C28H21FN4O5. The average molecular weight is 512 g/mol. The Labute approximate surface area is 215 Å². The number of carbonyl (C=O) groups is 1. The summed E-state index contributed by atoms with van der Waals surface area (Å²) in [7, 11) is 1.46. The smallest absolute Gasteiger partial charge is 0.335 e. The molecule has 0 unspecified atom stereocenters. The van der Waals surface area contributed by atoms with E-state index in [1.165, 1.54) is 29.8 Å². The quantitative estimate of drug-likeness (QED) is 0.366. The molecule has 0 saturated heterocycles. The maximum Gasteiger partial charge on any atom is 0.335 e. The summed E-state index contributed by atoms with van der Waals surface area (Å²) in [6.07, 6.45) is 0.495. The van der Waals surface area contributed by atoms with E-state index in [0.29, 0.717) is 35.2 Å².